The van der Waals surface area contributed by atoms with E-state index in [0.717, 1.165) is 32.7 Å². The van der Waals surface area contributed by atoms with E-state index in [2.05, 4.69) is 22.5 Å². The van der Waals surface area contributed by atoms with Gasteiger partial charge in [-0.1, -0.05) is 6.92 Å². The molecule has 5 nitrogen and oxygen atoms in total. The zero-order valence-electron chi connectivity index (χ0n) is 11.3. The summed E-state index contributed by atoms with van der Waals surface area (Å²) in [7, 11) is 0. The molecule has 2 atom stereocenters. The molecule has 0 aromatic rings. The van der Waals surface area contributed by atoms with Crippen LogP contribution in [0.2, 0.25) is 0 Å². The van der Waals surface area contributed by atoms with Crippen molar-refractivity contribution in [2.75, 3.05) is 39.3 Å². The normalized spacial score (nSPS) is 28.1. The Balaban J connectivity index is 1.58. The van der Waals surface area contributed by atoms with Crippen molar-refractivity contribution in [2.24, 2.45) is 0 Å². The van der Waals surface area contributed by atoms with Gasteiger partial charge in [0.1, 0.15) is 0 Å². The standard InChI is InChI=1S/C13H25N3O2/c1-2-5-15-13(17)8-14-7-12-9-16-6-3-4-11(16)10-18-12/h11-12,14H,2-10H2,1H3,(H,15,17). The summed E-state index contributed by atoms with van der Waals surface area (Å²) >= 11 is 0. The minimum Gasteiger partial charge on any atom is -0.374 e. The summed E-state index contributed by atoms with van der Waals surface area (Å²) in [4.78, 5) is 13.9. The average molecular weight is 255 g/mol. The van der Waals surface area contributed by atoms with Gasteiger partial charge in [-0.25, -0.2) is 0 Å². The molecule has 2 saturated heterocycles. The molecule has 0 saturated carbocycles. The number of nitrogens with one attached hydrogen (secondary N) is 2. The zero-order valence-corrected chi connectivity index (χ0v) is 11.3. The first-order valence-corrected chi connectivity index (χ1v) is 7.12. The van der Waals surface area contributed by atoms with Gasteiger partial charge in [0, 0.05) is 25.7 Å². The van der Waals surface area contributed by atoms with E-state index >= 15 is 0 Å². The molecule has 2 aliphatic heterocycles. The molecule has 0 bridgehead atoms. The second kappa shape index (κ2) is 7.07. The monoisotopic (exact) mass is 255 g/mol. The molecule has 2 aliphatic rings. The molecule has 0 aromatic carbocycles. The highest BCUT2D eigenvalue weighted by molar-refractivity contribution is 5.77. The SMILES string of the molecule is CCCNC(=O)CNCC1CN2CCCC2CO1. The lowest BCUT2D eigenvalue weighted by Crippen LogP contribution is -2.50. The maximum atomic E-state index is 11.4. The first-order chi connectivity index (χ1) is 8.79. The molecule has 2 heterocycles. The van der Waals surface area contributed by atoms with Crippen molar-refractivity contribution in [1.29, 1.82) is 0 Å². The van der Waals surface area contributed by atoms with E-state index in [-0.39, 0.29) is 12.0 Å². The lowest BCUT2D eigenvalue weighted by molar-refractivity contribution is -0.120. The largest absolute Gasteiger partial charge is 0.374 e. The molecule has 0 aliphatic carbocycles. The fourth-order valence-electron chi connectivity index (χ4n) is 2.68. The number of amides is 1. The van der Waals surface area contributed by atoms with Gasteiger partial charge in [-0.3, -0.25) is 9.69 Å². The summed E-state index contributed by atoms with van der Waals surface area (Å²) in [6, 6.07) is 0.647. The zero-order chi connectivity index (χ0) is 12.8. The lowest BCUT2D eigenvalue weighted by atomic mass is 10.2. The van der Waals surface area contributed by atoms with Crippen LogP contribution in [0.1, 0.15) is 26.2 Å². The number of carbonyl (C=O) groups excluding carboxylic acids is 1. The van der Waals surface area contributed by atoms with E-state index in [1.807, 2.05) is 0 Å². The fourth-order valence-corrected chi connectivity index (χ4v) is 2.68. The molecule has 0 radical (unpaired) electrons. The Labute approximate surface area is 109 Å². The highest BCUT2D eigenvalue weighted by Gasteiger charge is 2.31. The molecular formula is C13H25N3O2. The van der Waals surface area contributed by atoms with Gasteiger partial charge >= 0.3 is 0 Å². The van der Waals surface area contributed by atoms with Crippen LogP contribution in [-0.2, 0) is 9.53 Å². The molecular weight excluding hydrogens is 230 g/mol. The number of fused-ring (bicyclic) bond motifs is 1. The number of hydrogen-bond acceptors (Lipinski definition) is 4. The van der Waals surface area contributed by atoms with E-state index in [1.165, 1.54) is 19.4 Å². The van der Waals surface area contributed by atoms with Gasteiger partial charge in [0.05, 0.1) is 19.3 Å². The Bertz CT molecular complexity index is 273. The van der Waals surface area contributed by atoms with Crippen molar-refractivity contribution in [3.63, 3.8) is 0 Å². The van der Waals surface area contributed by atoms with Gasteiger partial charge in [0.15, 0.2) is 0 Å². The number of nitrogens with zero attached hydrogens (tertiary/aromatic N) is 1. The van der Waals surface area contributed by atoms with Gasteiger partial charge in [0.2, 0.25) is 5.91 Å². The molecule has 5 heteroatoms. The van der Waals surface area contributed by atoms with Crippen molar-refractivity contribution in [3.05, 3.63) is 0 Å². The third-order valence-electron chi connectivity index (χ3n) is 3.69. The van der Waals surface area contributed by atoms with Gasteiger partial charge in [-0.2, -0.15) is 0 Å². The first kappa shape index (κ1) is 13.8. The van der Waals surface area contributed by atoms with Crippen LogP contribution in [0, 0.1) is 0 Å². The van der Waals surface area contributed by atoms with Crippen molar-refractivity contribution in [1.82, 2.24) is 15.5 Å². The number of carbonyl (C=O) groups is 1. The van der Waals surface area contributed by atoms with Crippen LogP contribution in [0.15, 0.2) is 0 Å². The highest BCUT2D eigenvalue weighted by atomic mass is 16.5. The minimum absolute atomic E-state index is 0.0757. The Hall–Kier alpha value is -0.650. The van der Waals surface area contributed by atoms with Gasteiger partial charge < -0.3 is 15.4 Å². The maximum Gasteiger partial charge on any atom is 0.233 e. The van der Waals surface area contributed by atoms with E-state index in [4.69, 9.17) is 4.74 Å². The predicted molar refractivity (Wildman–Crippen MR) is 70.5 cm³/mol. The van der Waals surface area contributed by atoms with Crippen LogP contribution in [0.3, 0.4) is 0 Å². The summed E-state index contributed by atoms with van der Waals surface area (Å²) < 4.78 is 5.82. The predicted octanol–water partition coefficient (Wildman–Crippen LogP) is -0.0346. The summed E-state index contributed by atoms with van der Waals surface area (Å²) in [5.41, 5.74) is 0. The Kier molecular flexibility index (Phi) is 5.41. The van der Waals surface area contributed by atoms with Crippen LogP contribution in [0.5, 0.6) is 0 Å². The summed E-state index contributed by atoms with van der Waals surface area (Å²) in [5.74, 6) is 0.0757. The average Bonchev–Trinajstić information content (AvgIpc) is 2.83. The number of morpholine rings is 1. The Morgan fingerprint density at radius 2 is 2.39 bits per heavy atom. The number of hydrogen-bond donors (Lipinski definition) is 2. The van der Waals surface area contributed by atoms with Crippen LogP contribution < -0.4 is 10.6 Å². The van der Waals surface area contributed by atoms with Crippen LogP contribution >= 0.6 is 0 Å². The molecule has 18 heavy (non-hydrogen) atoms. The van der Waals surface area contributed by atoms with Gasteiger partial charge in [-0.15, -0.1) is 0 Å². The molecule has 0 spiro atoms. The number of rotatable bonds is 6. The third kappa shape index (κ3) is 3.93. The van der Waals surface area contributed by atoms with Crippen LogP contribution in [0.25, 0.3) is 0 Å². The van der Waals surface area contributed by atoms with Gasteiger partial charge in [-0.05, 0) is 25.8 Å². The second-order valence-electron chi connectivity index (χ2n) is 5.23. The molecule has 2 fully saturated rings. The lowest BCUT2D eigenvalue weighted by Gasteiger charge is -2.35. The third-order valence-corrected chi connectivity index (χ3v) is 3.69. The molecule has 2 N–H and O–H groups in total. The topological polar surface area (TPSA) is 53.6 Å². The van der Waals surface area contributed by atoms with E-state index < -0.39 is 0 Å². The number of ether oxygens (including phenoxy) is 1. The Morgan fingerprint density at radius 1 is 1.50 bits per heavy atom. The van der Waals surface area contributed by atoms with Crippen molar-refractivity contribution in [3.8, 4) is 0 Å². The highest BCUT2D eigenvalue weighted by Crippen LogP contribution is 2.22. The van der Waals surface area contributed by atoms with Crippen molar-refractivity contribution >= 4 is 5.91 Å². The molecule has 1 amide bonds. The molecule has 2 rings (SSSR count). The van der Waals surface area contributed by atoms with Gasteiger partial charge in [0.25, 0.3) is 0 Å². The van der Waals surface area contributed by atoms with E-state index in [9.17, 15) is 4.79 Å². The van der Waals surface area contributed by atoms with E-state index in [0.29, 0.717) is 12.6 Å². The summed E-state index contributed by atoms with van der Waals surface area (Å²) in [6.07, 6.45) is 3.79. The van der Waals surface area contributed by atoms with Crippen LogP contribution in [0.4, 0.5) is 0 Å². The molecule has 0 aromatic heterocycles. The molecule has 2 unspecified atom stereocenters. The maximum absolute atomic E-state index is 11.4. The summed E-state index contributed by atoms with van der Waals surface area (Å²) in [6.45, 7) is 7.04. The Morgan fingerprint density at radius 3 is 3.22 bits per heavy atom. The fraction of sp³-hybridized carbons (Fsp3) is 0.923. The van der Waals surface area contributed by atoms with Crippen molar-refractivity contribution < 1.29 is 9.53 Å². The summed E-state index contributed by atoms with van der Waals surface area (Å²) in [5, 5.41) is 6.03. The first-order valence-electron chi connectivity index (χ1n) is 7.12. The smallest absolute Gasteiger partial charge is 0.233 e. The van der Waals surface area contributed by atoms with Crippen molar-refractivity contribution in [2.45, 2.75) is 38.3 Å². The van der Waals surface area contributed by atoms with E-state index in [1.54, 1.807) is 0 Å². The quantitative estimate of drug-likeness (QED) is 0.699. The molecule has 104 valence electrons. The second-order valence-corrected chi connectivity index (χ2v) is 5.23. The minimum atomic E-state index is 0.0757. The van der Waals surface area contributed by atoms with Crippen LogP contribution in [-0.4, -0.2) is 62.3 Å².